The zero-order valence-corrected chi connectivity index (χ0v) is 10.6. The van der Waals surface area contributed by atoms with Gasteiger partial charge in [0.05, 0.1) is 11.3 Å². The number of aromatic carboxylic acids is 1. The molecule has 3 rings (SSSR count). The molecule has 1 aliphatic rings. The molecule has 0 saturated carbocycles. The fourth-order valence-electron chi connectivity index (χ4n) is 1.97. The molecule has 0 aromatic carbocycles. The zero-order chi connectivity index (χ0) is 13.4. The van der Waals surface area contributed by atoms with Gasteiger partial charge in [0.1, 0.15) is 6.26 Å². The number of rotatable bonds is 3. The number of anilines is 1. The smallest absolute Gasteiger partial charge is 0.338 e. The van der Waals surface area contributed by atoms with Crippen molar-refractivity contribution in [3.8, 4) is 0 Å². The lowest BCUT2D eigenvalue weighted by Crippen LogP contribution is -2.10. The number of carbonyl (C=O) groups excluding carboxylic acids is 1. The Hall–Kier alpha value is -2.15. The van der Waals surface area contributed by atoms with Gasteiger partial charge in [0.15, 0.2) is 10.9 Å². The topological polar surface area (TPSA) is 92.4 Å². The third kappa shape index (κ3) is 2.24. The second-order valence-electron chi connectivity index (χ2n) is 4.20. The van der Waals surface area contributed by atoms with Crippen LogP contribution in [0.25, 0.3) is 0 Å². The number of nitrogens with one attached hydrogen (secondary N) is 1. The maximum Gasteiger partial charge on any atom is 0.338 e. The van der Waals surface area contributed by atoms with Crippen molar-refractivity contribution in [2.45, 2.75) is 19.3 Å². The summed E-state index contributed by atoms with van der Waals surface area (Å²) in [5.74, 6) is -1.65. The van der Waals surface area contributed by atoms with Crippen molar-refractivity contribution < 1.29 is 19.1 Å². The summed E-state index contributed by atoms with van der Waals surface area (Å²) < 4.78 is 4.92. The third-order valence-corrected chi connectivity index (χ3v) is 3.96. The summed E-state index contributed by atoms with van der Waals surface area (Å²) >= 11 is 1.46. The molecule has 19 heavy (non-hydrogen) atoms. The number of carboxylic acids is 1. The van der Waals surface area contributed by atoms with Crippen LogP contribution in [0.2, 0.25) is 0 Å². The molecular formula is C12H10N2O4S. The fourth-order valence-corrected chi connectivity index (χ4v) is 3.01. The van der Waals surface area contributed by atoms with Crippen LogP contribution in [0.5, 0.6) is 0 Å². The number of hydrogen-bond acceptors (Lipinski definition) is 5. The molecule has 0 unspecified atom stereocenters. The summed E-state index contributed by atoms with van der Waals surface area (Å²) in [6, 6.07) is 1.19. The van der Waals surface area contributed by atoms with Crippen LogP contribution in [0.3, 0.4) is 0 Å². The van der Waals surface area contributed by atoms with E-state index >= 15 is 0 Å². The quantitative estimate of drug-likeness (QED) is 0.897. The predicted octanol–water partition coefficient (Wildman–Crippen LogP) is 2.18. The van der Waals surface area contributed by atoms with Crippen molar-refractivity contribution in [3.05, 3.63) is 34.2 Å². The molecule has 1 aliphatic carbocycles. The number of amides is 1. The second-order valence-corrected chi connectivity index (χ2v) is 5.28. The first kappa shape index (κ1) is 11.9. The highest BCUT2D eigenvalue weighted by atomic mass is 32.1. The van der Waals surface area contributed by atoms with E-state index in [1.54, 1.807) is 0 Å². The highest BCUT2D eigenvalue weighted by Crippen LogP contribution is 2.30. The number of aromatic nitrogens is 1. The molecular weight excluding hydrogens is 268 g/mol. The zero-order valence-electron chi connectivity index (χ0n) is 9.80. The summed E-state index contributed by atoms with van der Waals surface area (Å²) in [6.45, 7) is 0. The van der Waals surface area contributed by atoms with Crippen LogP contribution in [0.15, 0.2) is 16.7 Å². The summed E-state index contributed by atoms with van der Waals surface area (Å²) in [5, 5.41) is 11.9. The maximum absolute atomic E-state index is 11.8. The van der Waals surface area contributed by atoms with Crippen LogP contribution < -0.4 is 5.32 Å². The van der Waals surface area contributed by atoms with E-state index in [0.717, 1.165) is 31.2 Å². The second kappa shape index (κ2) is 4.51. The van der Waals surface area contributed by atoms with Crippen molar-refractivity contribution in [2.24, 2.45) is 0 Å². The normalized spacial score (nSPS) is 13.3. The molecule has 0 saturated heterocycles. The first-order valence-corrected chi connectivity index (χ1v) is 6.57. The van der Waals surface area contributed by atoms with Crippen LogP contribution >= 0.6 is 11.3 Å². The van der Waals surface area contributed by atoms with Crippen molar-refractivity contribution >= 4 is 28.3 Å². The first-order valence-electron chi connectivity index (χ1n) is 5.75. The minimum Gasteiger partial charge on any atom is -0.478 e. The lowest BCUT2D eigenvalue weighted by Gasteiger charge is -1.97. The number of furan rings is 1. The summed E-state index contributed by atoms with van der Waals surface area (Å²) in [4.78, 5) is 28.1. The summed E-state index contributed by atoms with van der Waals surface area (Å²) in [5.41, 5.74) is 0.998. The van der Waals surface area contributed by atoms with Crippen LogP contribution in [-0.4, -0.2) is 22.0 Å². The lowest BCUT2D eigenvalue weighted by molar-refractivity contribution is 0.0696. The molecule has 0 fully saturated rings. The molecule has 0 aliphatic heterocycles. The highest BCUT2D eigenvalue weighted by molar-refractivity contribution is 7.15. The maximum atomic E-state index is 11.8. The summed E-state index contributed by atoms with van der Waals surface area (Å²) in [6.07, 6.45) is 4.11. The molecule has 6 nitrogen and oxygen atoms in total. The number of hydrogen-bond donors (Lipinski definition) is 2. The molecule has 2 heterocycles. The molecule has 0 radical (unpaired) electrons. The van der Waals surface area contributed by atoms with Gasteiger partial charge in [0.2, 0.25) is 0 Å². The molecule has 2 N–H and O–H groups in total. The van der Waals surface area contributed by atoms with Crippen LogP contribution in [-0.2, 0) is 12.8 Å². The van der Waals surface area contributed by atoms with Crippen LogP contribution in [0, 0.1) is 0 Å². The fraction of sp³-hybridized carbons (Fsp3) is 0.250. The van der Waals surface area contributed by atoms with Gasteiger partial charge in [0, 0.05) is 10.9 Å². The van der Waals surface area contributed by atoms with Gasteiger partial charge in [-0.15, -0.1) is 11.3 Å². The SMILES string of the molecule is O=C(O)c1coc(C(=O)Nc2nc3c(s2)CCC3)c1. The minimum atomic E-state index is -1.13. The standard InChI is InChI=1S/C12H10N2O4S/c15-10(8-4-6(5-18-8)11(16)17)14-12-13-7-2-1-3-9(7)19-12/h4-5H,1-3H2,(H,16,17)(H,13,14,15). The molecule has 2 aromatic heterocycles. The Morgan fingerprint density at radius 2 is 2.26 bits per heavy atom. The van der Waals surface area contributed by atoms with Crippen LogP contribution in [0.1, 0.15) is 37.9 Å². The number of carboxylic acid groups (broad SMARTS) is 1. The van der Waals surface area contributed by atoms with Gasteiger partial charge in [-0.25, -0.2) is 9.78 Å². The number of carbonyl (C=O) groups is 2. The Kier molecular flexibility index (Phi) is 2.83. The number of aryl methyl sites for hydroxylation is 2. The molecule has 7 heteroatoms. The van der Waals surface area contributed by atoms with Crippen LogP contribution in [0.4, 0.5) is 5.13 Å². The largest absolute Gasteiger partial charge is 0.478 e. The van der Waals surface area contributed by atoms with Gasteiger partial charge >= 0.3 is 5.97 Å². The molecule has 0 atom stereocenters. The average molecular weight is 278 g/mol. The molecule has 1 amide bonds. The summed E-state index contributed by atoms with van der Waals surface area (Å²) in [7, 11) is 0. The average Bonchev–Trinajstić information content (AvgIpc) is 3.02. The van der Waals surface area contributed by atoms with Gasteiger partial charge in [-0.2, -0.15) is 0 Å². The van der Waals surface area contributed by atoms with E-state index in [1.807, 2.05) is 0 Å². The van der Waals surface area contributed by atoms with Gasteiger partial charge in [-0.05, 0) is 19.3 Å². The lowest BCUT2D eigenvalue weighted by atomic mass is 10.3. The first-order chi connectivity index (χ1) is 9.13. The molecule has 0 bridgehead atoms. The van der Waals surface area contributed by atoms with E-state index < -0.39 is 11.9 Å². The van der Waals surface area contributed by atoms with E-state index in [9.17, 15) is 9.59 Å². The van der Waals surface area contributed by atoms with Gasteiger partial charge in [0.25, 0.3) is 5.91 Å². The van der Waals surface area contributed by atoms with Crippen molar-refractivity contribution in [2.75, 3.05) is 5.32 Å². The highest BCUT2D eigenvalue weighted by Gasteiger charge is 2.20. The van der Waals surface area contributed by atoms with Crippen molar-refractivity contribution in [1.29, 1.82) is 0 Å². The Morgan fingerprint density at radius 1 is 1.42 bits per heavy atom. The number of nitrogens with zero attached hydrogens (tertiary/aromatic N) is 1. The third-order valence-electron chi connectivity index (χ3n) is 2.89. The minimum absolute atomic E-state index is 0.0345. The molecule has 98 valence electrons. The monoisotopic (exact) mass is 278 g/mol. The predicted molar refractivity (Wildman–Crippen MR) is 67.8 cm³/mol. The van der Waals surface area contributed by atoms with E-state index in [0.29, 0.717) is 5.13 Å². The molecule has 2 aromatic rings. The van der Waals surface area contributed by atoms with E-state index in [4.69, 9.17) is 9.52 Å². The number of fused-ring (bicyclic) bond motifs is 1. The molecule has 0 spiro atoms. The Balaban J connectivity index is 1.74. The Labute approximate surface area is 112 Å². The van der Waals surface area contributed by atoms with Crippen molar-refractivity contribution in [3.63, 3.8) is 0 Å². The Morgan fingerprint density at radius 3 is 2.95 bits per heavy atom. The number of thiazole rings is 1. The van der Waals surface area contributed by atoms with E-state index in [1.165, 1.54) is 22.3 Å². The van der Waals surface area contributed by atoms with E-state index in [-0.39, 0.29) is 11.3 Å². The van der Waals surface area contributed by atoms with Crippen molar-refractivity contribution in [1.82, 2.24) is 4.98 Å². The van der Waals surface area contributed by atoms with Gasteiger partial charge in [-0.1, -0.05) is 0 Å². The Bertz CT molecular complexity index is 637. The van der Waals surface area contributed by atoms with Gasteiger partial charge in [-0.3, -0.25) is 10.1 Å². The van der Waals surface area contributed by atoms with Gasteiger partial charge < -0.3 is 9.52 Å². The van der Waals surface area contributed by atoms with E-state index in [2.05, 4.69) is 10.3 Å².